The molecule has 0 aliphatic heterocycles. The average Bonchev–Trinajstić information content (AvgIpc) is 2.44. The highest BCUT2D eigenvalue weighted by Crippen LogP contribution is 2.33. The molecule has 118 valence electrons. The first-order valence-corrected chi connectivity index (χ1v) is 7.20. The molecule has 1 aromatic heterocycles. The second-order valence-electron chi connectivity index (χ2n) is 5.14. The Kier molecular flexibility index (Phi) is 4.82. The van der Waals surface area contributed by atoms with Gasteiger partial charge in [-0.05, 0) is 32.9 Å². The monoisotopic (exact) mass is 303 g/mol. The molecule has 0 radical (unpaired) electrons. The quantitative estimate of drug-likeness (QED) is 0.820. The zero-order chi connectivity index (χ0) is 16.3. The number of fused-ring (bicyclic) bond motifs is 1. The second-order valence-corrected chi connectivity index (χ2v) is 5.14. The normalized spacial score (nSPS) is 12.2. The molecule has 6 nitrogen and oxygen atoms in total. The highest BCUT2D eigenvalue weighted by Gasteiger charge is 2.20. The number of nitrogens with two attached hydrogens (primary N) is 2. The molecule has 1 atom stereocenters. The number of carbonyl (C=O) groups is 1. The maximum Gasteiger partial charge on any atom is 0.342 e. The number of aromatic nitrogens is 1. The molecule has 6 heteroatoms. The standard InChI is InChI=1S/C16H21N3O3/c1-4-21-16(20)13-10(3)19-11-6-5-7-12(14(11)15(13)18)22-8-9(2)17/h5-7,9H,4,8,17H2,1-3H3,(H2,18,19). The van der Waals surface area contributed by atoms with Crippen molar-refractivity contribution in [1.29, 1.82) is 0 Å². The van der Waals surface area contributed by atoms with Crippen molar-refractivity contribution in [2.45, 2.75) is 26.8 Å². The number of pyridine rings is 1. The number of rotatable bonds is 5. The van der Waals surface area contributed by atoms with Gasteiger partial charge in [0.15, 0.2) is 0 Å². The van der Waals surface area contributed by atoms with Gasteiger partial charge in [-0.25, -0.2) is 4.79 Å². The van der Waals surface area contributed by atoms with Crippen LogP contribution in [0.1, 0.15) is 29.9 Å². The van der Waals surface area contributed by atoms with Gasteiger partial charge < -0.3 is 20.9 Å². The number of esters is 1. The van der Waals surface area contributed by atoms with Crippen LogP contribution in [-0.4, -0.2) is 30.2 Å². The van der Waals surface area contributed by atoms with Crippen molar-refractivity contribution >= 4 is 22.6 Å². The summed E-state index contributed by atoms with van der Waals surface area (Å²) in [6.45, 7) is 5.95. The fraction of sp³-hybridized carbons (Fsp3) is 0.375. The van der Waals surface area contributed by atoms with E-state index in [9.17, 15) is 4.79 Å². The summed E-state index contributed by atoms with van der Waals surface area (Å²) in [6.07, 6.45) is 0. The van der Waals surface area contributed by atoms with Gasteiger partial charge in [0.1, 0.15) is 17.9 Å². The minimum Gasteiger partial charge on any atom is -0.491 e. The summed E-state index contributed by atoms with van der Waals surface area (Å²) < 4.78 is 10.8. The molecule has 0 saturated heterocycles. The summed E-state index contributed by atoms with van der Waals surface area (Å²) >= 11 is 0. The van der Waals surface area contributed by atoms with Crippen LogP contribution in [0.15, 0.2) is 18.2 Å². The van der Waals surface area contributed by atoms with Crippen molar-refractivity contribution in [2.24, 2.45) is 5.73 Å². The summed E-state index contributed by atoms with van der Waals surface area (Å²) in [6, 6.07) is 5.33. The van der Waals surface area contributed by atoms with E-state index >= 15 is 0 Å². The molecule has 22 heavy (non-hydrogen) atoms. The van der Waals surface area contributed by atoms with Crippen molar-refractivity contribution in [2.75, 3.05) is 18.9 Å². The third-order valence-electron chi connectivity index (χ3n) is 3.17. The van der Waals surface area contributed by atoms with Crippen molar-refractivity contribution < 1.29 is 14.3 Å². The van der Waals surface area contributed by atoms with E-state index in [1.54, 1.807) is 19.9 Å². The summed E-state index contributed by atoms with van der Waals surface area (Å²) in [7, 11) is 0. The first kappa shape index (κ1) is 16.0. The number of hydrogen-bond acceptors (Lipinski definition) is 6. The van der Waals surface area contributed by atoms with Gasteiger partial charge in [-0.15, -0.1) is 0 Å². The lowest BCUT2D eigenvalue weighted by Gasteiger charge is -2.15. The van der Waals surface area contributed by atoms with E-state index < -0.39 is 5.97 Å². The number of aryl methyl sites for hydroxylation is 1. The van der Waals surface area contributed by atoms with Gasteiger partial charge in [0.2, 0.25) is 0 Å². The third kappa shape index (κ3) is 3.12. The van der Waals surface area contributed by atoms with Gasteiger partial charge in [-0.2, -0.15) is 0 Å². The predicted octanol–water partition coefficient (Wildman–Crippen LogP) is 2.03. The smallest absolute Gasteiger partial charge is 0.342 e. The predicted molar refractivity (Wildman–Crippen MR) is 86.0 cm³/mol. The number of hydrogen-bond donors (Lipinski definition) is 2. The van der Waals surface area contributed by atoms with E-state index in [0.717, 1.165) is 0 Å². The van der Waals surface area contributed by atoms with Crippen LogP contribution >= 0.6 is 0 Å². The molecule has 0 amide bonds. The van der Waals surface area contributed by atoms with E-state index in [1.165, 1.54) is 0 Å². The van der Waals surface area contributed by atoms with Gasteiger partial charge in [0, 0.05) is 6.04 Å². The fourth-order valence-corrected chi connectivity index (χ4v) is 2.24. The van der Waals surface area contributed by atoms with Gasteiger partial charge in [-0.1, -0.05) is 6.07 Å². The summed E-state index contributed by atoms with van der Waals surface area (Å²) in [5, 5.41) is 0.608. The molecule has 0 aliphatic rings. The van der Waals surface area contributed by atoms with Gasteiger partial charge in [0.05, 0.1) is 28.9 Å². The third-order valence-corrected chi connectivity index (χ3v) is 3.17. The van der Waals surface area contributed by atoms with E-state index in [1.807, 2.05) is 19.1 Å². The van der Waals surface area contributed by atoms with Crippen LogP contribution < -0.4 is 16.2 Å². The molecular formula is C16H21N3O3. The lowest BCUT2D eigenvalue weighted by molar-refractivity contribution is 0.0526. The first-order chi connectivity index (χ1) is 10.5. The maximum absolute atomic E-state index is 12.1. The number of anilines is 1. The van der Waals surface area contributed by atoms with Crippen molar-refractivity contribution in [3.05, 3.63) is 29.5 Å². The Morgan fingerprint density at radius 2 is 2.14 bits per heavy atom. The molecule has 1 aromatic carbocycles. The van der Waals surface area contributed by atoms with Crippen LogP contribution in [-0.2, 0) is 4.74 Å². The van der Waals surface area contributed by atoms with Gasteiger partial charge in [0.25, 0.3) is 0 Å². The number of benzene rings is 1. The summed E-state index contributed by atoms with van der Waals surface area (Å²) in [5.74, 6) is 0.0826. The SMILES string of the molecule is CCOC(=O)c1c(C)nc2cccc(OCC(C)N)c2c1N. The molecule has 0 bridgehead atoms. The highest BCUT2D eigenvalue weighted by molar-refractivity contribution is 6.07. The molecule has 2 aromatic rings. The molecule has 4 N–H and O–H groups in total. The van der Waals surface area contributed by atoms with Crippen LogP contribution in [0, 0.1) is 6.92 Å². The Bertz CT molecular complexity index is 699. The Balaban J connectivity index is 2.60. The van der Waals surface area contributed by atoms with Crippen molar-refractivity contribution in [3.8, 4) is 5.75 Å². The minimum atomic E-state index is -0.478. The van der Waals surface area contributed by atoms with Crippen LogP contribution in [0.4, 0.5) is 5.69 Å². The maximum atomic E-state index is 12.1. The fourth-order valence-electron chi connectivity index (χ4n) is 2.24. The lowest BCUT2D eigenvalue weighted by atomic mass is 10.1. The molecule has 1 heterocycles. The number of carbonyl (C=O) groups excluding carboxylic acids is 1. The van der Waals surface area contributed by atoms with Gasteiger partial charge >= 0.3 is 5.97 Å². The van der Waals surface area contributed by atoms with Gasteiger partial charge in [-0.3, -0.25) is 4.98 Å². The molecule has 0 fully saturated rings. The lowest BCUT2D eigenvalue weighted by Crippen LogP contribution is -2.23. The van der Waals surface area contributed by atoms with Crippen LogP contribution in [0.5, 0.6) is 5.75 Å². The molecule has 0 spiro atoms. The van der Waals surface area contributed by atoms with Crippen molar-refractivity contribution in [3.63, 3.8) is 0 Å². The largest absolute Gasteiger partial charge is 0.491 e. The number of nitrogen functional groups attached to an aromatic ring is 1. The van der Waals surface area contributed by atoms with Crippen LogP contribution in [0.25, 0.3) is 10.9 Å². The highest BCUT2D eigenvalue weighted by atomic mass is 16.5. The molecule has 2 rings (SSSR count). The Labute approximate surface area is 129 Å². The second kappa shape index (κ2) is 6.62. The zero-order valence-electron chi connectivity index (χ0n) is 13.1. The molecule has 1 unspecified atom stereocenters. The molecular weight excluding hydrogens is 282 g/mol. The van der Waals surface area contributed by atoms with E-state index in [0.29, 0.717) is 34.6 Å². The zero-order valence-corrected chi connectivity index (χ0v) is 13.1. The number of ether oxygens (including phenoxy) is 2. The minimum absolute atomic E-state index is 0.112. The van der Waals surface area contributed by atoms with Crippen molar-refractivity contribution in [1.82, 2.24) is 4.98 Å². The Hall–Kier alpha value is -2.34. The number of nitrogens with zero attached hydrogens (tertiary/aromatic N) is 1. The Morgan fingerprint density at radius 3 is 2.77 bits per heavy atom. The summed E-state index contributed by atoms with van der Waals surface area (Å²) in [5.41, 5.74) is 13.7. The average molecular weight is 303 g/mol. The molecule has 0 saturated carbocycles. The first-order valence-electron chi connectivity index (χ1n) is 7.20. The summed E-state index contributed by atoms with van der Waals surface area (Å²) in [4.78, 5) is 16.5. The van der Waals surface area contributed by atoms with E-state index in [2.05, 4.69) is 4.98 Å². The topological polar surface area (TPSA) is 100 Å². The van der Waals surface area contributed by atoms with E-state index in [4.69, 9.17) is 20.9 Å². The van der Waals surface area contributed by atoms with Crippen LogP contribution in [0.3, 0.4) is 0 Å². The molecule has 0 aliphatic carbocycles. The van der Waals surface area contributed by atoms with Crippen LogP contribution in [0.2, 0.25) is 0 Å². The van der Waals surface area contributed by atoms with E-state index in [-0.39, 0.29) is 18.2 Å². The Morgan fingerprint density at radius 1 is 1.41 bits per heavy atom.